The Hall–Kier alpha value is -2.41. The molecule has 2 aliphatic rings. The van der Waals surface area contributed by atoms with Gasteiger partial charge in [0, 0.05) is 26.2 Å². The van der Waals surface area contributed by atoms with E-state index in [9.17, 15) is 4.79 Å². The molecule has 7 heteroatoms. The molecule has 2 aromatic rings. The third-order valence-corrected chi connectivity index (χ3v) is 5.89. The highest BCUT2D eigenvalue weighted by molar-refractivity contribution is 5.67. The molecule has 1 spiro atoms. The van der Waals surface area contributed by atoms with Gasteiger partial charge < -0.3 is 9.30 Å². The maximum atomic E-state index is 12.2. The van der Waals surface area contributed by atoms with Crippen LogP contribution in [0.2, 0.25) is 0 Å². The molecule has 144 valence electrons. The van der Waals surface area contributed by atoms with Crippen molar-refractivity contribution in [1.82, 2.24) is 24.6 Å². The number of methoxy groups -OCH3 is 1. The number of benzene rings is 1. The van der Waals surface area contributed by atoms with E-state index >= 15 is 0 Å². The number of amides is 1. The van der Waals surface area contributed by atoms with Crippen molar-refractivity contribution in [2.24, 2.45) is 0 Å². The van der Waals surface area contributed by atoms with Gasteiger partial charge in [-0.1, -0.05) is 29.8 Å². The molecule has 0 saturated carbocycles. The Bertz CT molecular complexity index is 839. The lowest BCUT2D eigenvalue weighted by Gasteiger charge is -2.48. The number of hydrogen-bond donors (Lipinski definition) is 0. The first-order chi connectivity index (χ1) is 13.0. The summed E-state index contributed by atoms with van der Waals surface area (Å²) in [5, 5.41) is 8.60. The summed E-state index contributed by atoms with van der Waals surface area (Å²) in [7, 11) is 1.43. The first kappa shape index (κ1) is 18.0. The van der Waals surface area contributed by atoms with Crippen LogP contribution in [0.5, 0.6) is 0 Å². The summed E-state index contributed by atoms with van der Waals surface area (Å²) in [6.07, 6.45) is 1.65. The third-order valence-electron chi connectivity index (χ3n) is 5.89. The minimum atomic E-state index is -0.288. The third kappa shape index (κ3) is 3.32. The minimum absolute atomic E-state index is 0.140. The molecule has 3 heterocycles. The van der Waals surface area contributed by atoms with E-state index in [1.807, 2.05) is 6.92 Å². The summed E-state index contributed by atoms with van der Waals surface area (Å²) in [6, 6.07) is 8.71. The van der Waals surface area contributed by atoms with E-state index in [4.69, 9.17) is 4.74 Å². The van der Waals surface area contributed by atoms with E-state index in [0.29, 0.717) is 13.1 Å². The molecule has 1 aromatic heterocycles. The zero-order valence-electron chi connectivity index (χ0n) is 16.3. The predicted octanol–water partition coefficient (Wildman–Crippen LogP) is 2.47. The molecule has 7 nitrogen and oxygen atoms in total. The Morgan fingerprint density at radius 2 is 2.00 bits per heavy atom. The Balaban J connectivity index is 1.53. The molecule has 0 aliphatic carbocycles. The number of nitrogens with zero attached hydrogens (tertiary/aromatic N) is 5. The second-order valence-corrected chi connectivity index (χ2v) is 7.81. The zero-order valence-corrected chi connectivity index (χ0v) is 16.3. The molecular formula is C20H27N5O2. The average molecular weight is 369 g/mol. The molecule has 0 bridgehead atoms. The minimum Gasteiger partial charge on any atom is -0.453 e. The lowest BCUT2D eigenvalue weighted by Crippen LogP contribution is -2.57. The van der Waals surface area contributed by atoms with Crippen molar-refractivity contribution in [2.75, 3.05) is 26.7 Å². The number of fused-ring (bicyclic) bond motifs is 2. The number of likely N-dealkylation sites (tertiary alicyclic amines) is 1. The molecule has 0 unspecified atom stereocenters. The van der Waals surface area contributed by atoms with Crippen LogP contribution in [0.15, 0.2) is 24.3 Å². The summed E-state index contributed by atoms with van der Waals surface area (Å²) in [5.74, 6) is 1.79. The van der Waals surface area contributed by atoms with Gasteiger partial charge in [0.2, 0.25) is 0 Å². The summed E-state index contributed by atoms with van der Waals surface area (Å²) in [6.45, 7) is 8.19. The van der Waals surface area contributed by atoms with Gasteiger partial charge in [-0.3, -0.25) is 9.80 Å². The van der Waals surface area contributed by atoms with E-state index in [1.165, 1.54) is 18.2 Å². The molecule has 27 heavy (non-hydrogen) atoms. The standard InChI is InChI=1S/C20H27N5O2/c1-15-5-4-6-17(11-15)12-23-9-7-20(8-10-23)14-24(19(26)27-3)13-18-22-21-16(2)25(18)20/h4-6,11H,7-10,12-14H2,1-3H3. The molecule has 0 atom stereocenters. The SMILES string of the molecule is COC(=O)N1Cc2nnc(C)n2C2(CCN(Cc3cccc(C)c3)CC2)C1. The van der Waals surface area contributed by atoms with Crippen molar-refractivity contribution in [3.63, 3.8) is 0 Å². The molecule has 0 N–H and O–H groups in total. The van der Waals surface area contributed by atoms with E-state index in [0.717, 1.165) is 44.1 Å². The summed E-state index contributed by atoms with van der Waals surface area (Å²) >= 11 is 0. The lowest BCUT2D eigenvalue weighted by molar-refractivity contribution is 0.0320. The fourth-order valence-corrected chi connectivity index (χ4v) is 4.61. The van der Waals surface area contributed by atoms with Gasteiger partial charge in [-0.05, 0) is 32.3 Å². The van der Waals surface area contributed by atoms with E-state index in [1.54, 1.807) is 4.90 Å². The summed E-state index contributed by atoms with van der Waals surface area (Å²) < 4.78 is 7.25. The van der Waals surface area contributed by atoms with Crippen molar-refractivity contribution in [3.8, 4) is 0 Å². The van der Waals surface area contributed by atoms with Crippen LogP contribution in [-0.4, -0.2) is 57.4 Å². The molecular weight excluding hydrogens is 342 g/mol. The van der Waals surface area contributed by atoms with E-state index in [2.05, 4.69) is 50.9 Å². The Morgan fingerprint density at radius 3 is 2.70 bits per heavy atom. The maximum absolute atomic E-state index is 12.2. The number of aromatic nitrogens is 3. The molecule has 1 saturated heterocycles. The van der Waals surface area contributed by atoms with Crippen LogP contribution < -0.4 is 0 Å². The van der Waals surface area contributed by atoms with Gasteiger partial charge in [0.1, 0.15) is 5.82 Å². The van der Waals surface area contributed by atoms with Crippen LogP contribution in [0, 0.1) is 13.8 Å². The number of carbonyl (C=O) groups excluding carboxylic acids is 1. The fraction of sp³-hybridized carbons (Fsp3) is 0.550. The number of ether oxygens (including phenoxy) is 1. The van der Waals surface area contributed by atoms with Gasteiger partial charge in [0.15, 0.2) is 5.82 Å². The van der Waals surface area contributed by atoms with Crippen molar-refractivity contribution in [1.29, 1.82) is 0 Å². The van der Waals surface area contributed by atoms with Gasteiger partial charge in [-0.25, -0.2) is 4.79 Å². The first-order valence-corrected chi connectivity index (χ1v) is 9.53. The molecule has 4 rings (SSSR count). The van der Waals surface area contributed by atoms with Crippen LogP contribution in [0.4, 0.5) is 4.79 Å². The number of carbonyl (C=O) groups is 1. The van der Waals surface area contributed by atoms with Crippen LogP contribution in [0.25, 0.3) is 0 Å². The van der Waals surface area contributed by atoms with E-state index < -0.39 is 0 Å². The molecule has 2 aliphatic heterocycles. The Kier molecular flexibility index (Phi) is 4.63. The van der Waals surface area contributed by atoms with Crippen molar-refractivity contribution in [3.05, 3.63) is 47.0 Å². The topological polar surface area (TPSA) is 63.5 Å². The smallest absolute Gasteiger partial charge is 0.409 e. The Labute approximate surface area is 159 Å². The van der Waals surface area contributed by atoms with Crippen LogP contribution in [0.3, 0.4) is 0 Å². The Morgan fingerprint density at radius 1 is 1.22 bits per heavy atom. The normalized spacial score (nSPS) is 19.1. The van der Waals surface area contributed by atoms with Crippen molar-refractivity contribution in [2.45, 2.75) is 45.3 Å². The molecule has 0 radical (unpaired) electrons. The highest BCUT2D eigenvalue weighted by Crippen LogP contribution is 2.37. The van der Waals surface area contributed by atoms with E-state index in [-0.39, 0.29) is 11.6 Å². The molecule has 1 fully saturated rings. The van der Waals surface area contributed by atoms with Crippen LogP contribution in [0.1, 0.15) is 35.6 Å². The highest BCUT2D eigenvalue weighted by atomic mass is 16.5. The molecule has 1 amide bonds. The lowest BCUT2D eigenvalue weighted by atomic mass is 9.84. The first-order valence-electron chi connectivity index (χ1n) is 9.53. The number of rotatable bonds is 2. The predicted molar refractivity (Wildman–Crippen MR) is 101 cm³/mol. The number of aryl methyl sites for hydroxylation is 2. The van der Waals surface area contributed by atoms with Crippen LogP contribution in [-0.2, 0) is 23.4 Å². The van der Waals surface area contributed by atoms with Gasteiger partial charge in [-0.15, -0.1) is 10.2 Å². The number of hydrogen-bond acceptors (Lipinski definition) is 5. The second-order valence-electron chi connectivity index (χ2n) is 7.81. The van der Waals surface area contributed by atoms with Crippen molar-refractivity contribution >= 4 is 6.09 Å². The van der Waals surface area contributed by atoms with Gasteiger partial charge in [0.25, 0.3) is 0 Å². The average Bonchev–Trinajstić information content (AvgIpc) is 3.05. The fourth-order valence-electron chi connectivity index (χ4n) is 4.61. The largest absolute Gasteiger partial charge is 0.453 e. The molecule has 1 aromatic carbocycles. The number of piperidine rings is 1. The monoisotopic (exact) mass is 369 g/mol. The highest BCUT2D eigenvalue weighted by Gasteiger charge is 2.45. The zero-order chi connectivity index (χ0) is 19.0. The quantitative estimate of drug-likeness (QED) is 0.814. The van der Waals surface area contributed by atoms with Crippen molar-refractivity contribution < 1.29 is 9.53 Å². The van der Waals surface area contributed by atoms with Gasteiger partial charge in [-0.2, -0.15) is 0 Å². The maximum Gasteiger partial charge on any atom is 0.409 e. The summed E-state index contributed by atoms with van der Waals surface area (Å²) in [5.41, 5.74) is 2.51. The van der Waals surface area contributed by atoms with Gasteiger partial charge in [0.05, 0.1) is 19.2 Å². The van der Waals surface area contributed by atoms with Crippen LogP contribution >= 0.6 is 0 Å². The summed E-state index contributed by atoms with van der Waals surface area (Å²) in [4.78, 5) is 16.4. The second kappa shape index (κ2) is 6.96. The van der Waals surface area contributed by atoms with Gasteiger partial charge >= 0.3 is 6.09 Å².